The Kier molecular flexibility index (Phi) is 4.47. The number of hydrogen-bond donors (Lipinski definition) is 0. The molecule has 7 heteroatoms. The summed E-state index contributed by atoms with van der Waals surface area (Å²) in [5.41, 5.74) is 1.42. The summed E-state index contributed by atoms with van der Waals surface area (Å²) in [5, 5.41) is 8.99. The Morgan fingerprint density at radius 1 is 1.04 bits per heavy atom. The Bertz CT molecular complexity index is 758. The molecule has 24 heavy (non-hydrogen) atoms. The summed E-state index contributed by atoms with van der Waals surface area (Å²) in [6.07, 6.45) is 0. The molecule has 0 saturated carbocycles. The van der Waals surface area contributed by atoms with E-state index in [9.17, 15) is 0 Å². The van der Waals surface area contributed by atoms with E-state index in [1.54, 1.807) is 6.07 Å². The molecule has 0 aliphatic carbocycles. The summed E-state index contributed by atoms with van der Waals surface area (Å²) < 4.78 is 0. The van der Waals surface area contributed by atoms with Gasteiger partial charge < -0.3 is 14.7 Å². The van der Waals surface area contributed by atoms with Gasteiger partial charge in [-0.3, -0.25) is 0 Å². The third-order valence-corrected chi connectivity index (χ3v) is 4.02. The van der Waals surface area contributed by atoms with Crippen LogP contribution in [0.15, 0.2) is 24.3 Å². The highest BCUT2D eigenvalue weighted by Crippen LogP contribution is 2.19. The number of piperazine rings is 1. The molecule has 1 aliphatic heterocycles. The SMILES string of the molecule is Cc1cc(N(C)C)nc(N2CCN(c3cccc(C#N)n3)CC2)n1. The number of hydrogen-bond acceptors (Lipinski definition) is 7. The smallest absolute Gasteiger partial charge is 0.227 e. The van der Waals surface area contributed by atoms with Crippen molar-refractivity contribution in [1.29, 1.82) is 5.26 Å². The standard InChI is InChI=1S/C17H21N7/c1-13-11-16(22(2)3)21-17(19-13)24-9-7-23(8-10-24)15-6-4-5-14(12-18)20-15/h4-6,11H,7-10H2,1-3H3. The second-order valence-electron chi connectivity index (χ2n) is 6.03. The van der Waals surface area contributed by atoms with Crippen LogP contribution in [0.1, 0.15) is 11.4 Å². The van der Waals surface area contributed by atoms with Gasteiger partial charge in [0.15, 0.2) is 0 Å². The quantitative estimate of drug-likeness (QED) is 0.846. The second kappa shape index (κ2) is 6.71. The zero-order valence-electron chi connectivity index (χ0n) is 14.3. The van der Waals surface area contributed by atoms with Crippen molar-refractivity contribution in [2.24, 2.45) is 0 Å². The average molecular weight is 323 g/mol. The molecule has 0 amide bonds. The van der Waals surface area contributed by atoms with Crippen molar-refractivity contribution in [3.05, 3.63) is 35.7 Å². The fourth-order valence-electron chi connectivity index (χ4n) is 2.70. The highest BCUT2D eigenvalue weighted by molar-refractivity contribution is 5.47. The number of rotatable bonds is 3. The number of pyridine rings is 1. The minimum absolute atomic E-state index is 0.451. The molecule has 1 saturated heterocycles. The van der Waals surface area contributed by atoms with Gasteiger partial charge in [-0.1, -0.05) is 6.07 Å². The highest BCUT2D eigenvalue weighted by Gasteiger charge is 2.21. The zero-order chi connectivity index (χ0) is 17.1. The molecule has 3 rings (SSSR count). The lowest BCUT2D eigenvalue weighted by atomic mass is 10.3. The largest absolute Gasteiger partial charge is 0.363 e. The molecule has 2 aromatic rings. The molecule has 0 spiro atoms. The molecule has 3 heterocycles. The molecule has 2 aromatic heterocycles. The Balaban J connectivity index is 1.72. The first-order chi connectivity index (χ1) is 11.6. The van der Waals surface area contributed by atoms with Gasteiger partial charge in [-0.2, -0.15) is 10.2 Å². The van der Waals surface area contributed by atoms with Gasteiger partial charge in [0.2, 0.25) is 5.95 Å². The van der Waals surface area contributed by atoms with Crippen LogP contribution in [-0.4, -0.2) is 55.2 Å². The topological polar surface area (TPSA) is 72.2 Å². The minimum atomic E-state index is 0.451. The van der Waals surface area contributed by atoms with Gasteiger partial charge >= 0.3 is 0 Å². The number of nitrogens with zero attached hydrogens (tertiary/aromatic N) is 7. The molecular formula is C17H21N7. The van der Waals surface area contributed by atoms with E-state index >= 15 is 0 Å². The van der Waals surface area contributed by atoms with Crippen LogP contribution in [0.5, 0.6) is 0 Å². The summed E-state index contributed by atoms with van der Waals surface area (Å²) in [5.74, 6) is 2.55. The van der Waals surface area contributed by atoms with E-state index in [1.807, 2.05) is 44.1 Å². The molecular weight excluding hydrogens is 302 g/mol. The molecule has 0 radical (unpaired) electrons. The molecule has 0 bridgehead atoms. The monoisotopic (exact) mass is 323 g/mol. The summed E-state index contributed by atoms with van der Waals surface area (Å²) in [6, 6.07) is 9.62. The molecule has 0 unspecified atom stereocenters. The first-order valence-corrected chi connectivity index (χ1v) is 7.97. The predicted molar refractivity (Wildman–Crippen MR) is 94.5 cm³/mol. The first-order valence-electron chi connectivity index (χ1n) is 7.97. The number of nitriles is 1. The van der Waals surface area contributed by atoms with Crippen molar-refractivity contribution in [2.45, 2.75) is 6.92 Å². The normalized spacial score (nSPS) is 14.4. The van der Waals surface area contributed by atoms with Crippen molar-refractivity contribution in [3.63, 3.8) is 0 Å². The van der Waals surface area contributed by atoms with E-state index in [0.717, 1.165) is 49.5 Å². The van der Waals surface area contributed by atoms with Gasteiger partial charge in [-0.15, -0.1) is 0 Å². The number of aryl methyl sites for hydroxylation is 1. The van der Waals surface area contributed by atoms with Gasteiger partial charge in [0.25, 0.3) is 0 Å². The lowest BCUT2D eigenvalue weighted by Gasteiger charge is -2.35. The van der Waals surface area contributed by atoms with Crippen LogP contribution in [0.4, 0.5) is 17.6 Å². The van der Waals surface area contributed by atoms with Crippen molar-refractivity contribution in [1.82, 2.24) is 15.0 Å². The van der Waals surface area contributed by atoms with Crippen LogP contribution in [-0.2, 0) is 0 Å². The van der Waals surface area contributed by atoms with Crippen LogP contribution < -0.4 is 14.7 Å². The van der Waals surface area contributed by atoms with E-state index in [2.05, 4.69) is 30.8 Å². The Morgan fingerprint density at radius 3 is 2.42 bits per heavy atom. The second-order valence-corrected chi connectivity index (χ2v) is 6.03. The minimum Gasteiger partial charge on any atom is -0.363 e. The maximum atomic E-state index is 8.99. The Morgan fingerprint density at radius 2 is 1.75 bits per heavy atom. The molecule has 0 aromatic carbocycles. The molecule has 7 nitrogen and oxygen atoms in total. The van der Waals surface area contributed by atoms with Crippen LogP contribution in [0, 0.1) is 18.3 Å². The molecule has 0 atom stereocenters. The van der Waals surface area contributed by atoms with Crippen LogP contribution in [0.25, 0.3) is 0 Å². The fraction of sp³-hybridized carbons (Fsp3) is 0.412. The van der Waals surface area contributed by atoms with Crippen molar-refractivity contribution >= 4 is 17.6 Å². The average Bonchev–Trinajstić information content (AvgIpc) is 2.61. The predicted octanol–water partition coefficient (Wildman–Crippen LogP) is 1.44. The van der Waals surface area contributed by atoms with Gasteiger partial charge in [0, 0.05) is 52.0 Å². The zero-order valence-corrected chi connectivity index (χ0v) is 14.3. The van der Waals surface area contributed by atoms with E-state index in [0.29, 0.717) is 5.69 Å². The third-order valence-electron chi connectivity index (χ3n) is 4.02. The van der Waals surface area contributed by atoms with Crippen molar-refractivity contribution < 1.29 is 0 Å². The first kappa shape index (κ1) is 16.0. The fourth-order valence-corrected chi connectivity index (χ4v) is 2.70. The van der Waals surface area contributed by atoms with Crippen molar-refractivity contribution in [2.75, 3.05) is 55.0 Å². The third kappa shape index (κ3) is 3.38. The van der Waals surface area contributed by atoms with Crippen LogP contribution in [0.2, 0.25) is 0 Å². The number of aromatic nitrogens is 3. The number of anilines is 3. The van der Waals surface area contributed by atoms with E-state index in [4.69, 9.17) is 5.26 Å². The maximum absolute atomic E-state index is 8.99. The summed E-state index contributed by atoms with van der Waals surface area (Å²) in [4.78, 5) is 20.0. The lowest BCUT2D eigenvalue weighted by molar-refractivity contribution is 0.633. The molecule has 1 fully saturated rings. The molecule has 124 valence electrons. The van der Waals surface area contributed by atoms with Gasteiger partial charge in [0.1, 0.15) is 23.4 Å². The van der Waals surface area contributed by atoms with Gasteiger partial charge in [-0.25, -0.2) is 9.97 Å². The Labute approximate surface area is 142 Å². The highest BCUT2D eigenvalue weighted by atomic mass is 15.3. The van der Waals surface area contributed by atoms with E-state index in [-0.39, 0.29) is 0 Å². The van der Waals surface area contributed by atoms with Gasteiger partial charge in [-0.05, 0) is 19.1 Å². The summed E-state index contributed by atoms with van der Waals surface area (Å²) >= 11 is 0. The van der Waals surface area contributed by atoms with E-state index in [1.165, 1.54) is 0 Å². The summed E-state index contributed by atoms with van der Waals surface area (Å²) in [6.45, 7) is 5.31. The lowest BCUT2D eigenvalue weighted by Crippen LogP contribution is -2.47. The Hall–Kier alpha value is -2.88. The van der Waals surface area contributed by atoms with Crippen LogP contribution >= 0.6 is 0 Å². The molecule has 1 aliphatic rings. The summed E-state index contributed by atoms with van der Waals surface area (Å²) in [7, 11) is 3.97. The maximum Gasteiger partial charge on any atom is 0.227 e. The van der Waals surface area contributed by atoms with Gasteiger partial charge in [0.05, 0.1) is 0 Å². The van der Waals surface area contributed by atoms with E-state index < -0.39 is 0 Å². The molecule has 0 N–H and O–H groups in total. The van der Waals surface area contributed by atoms with Crippen molar-refractivity contribution in [3.8, 4) is 6.07 Å². The van der Waals surface area contributed by atoms with Crippen LogP contribution in [0.3, 0.4) is 0 Å².